The fourth-order valence-electron chi connectivity index (χ4n) is 2.59. The molecule has 1 heterocycles. The summed E-state index contributed by atoms with van der Waals surface area (Å²) in [6, 6.07) is 3.86. The summed E-state index contributed by atoms with van der Waals surface area (Å²) in [7, 11) is 0. The van der Waals surface area contributed by atoms with E-state index < -0.39 is 29.8 Å². The molecule has 0 spiro atoms. The number of aliphatic hydroxyl groups is 1. The van der Waals surface area contributed by atoms with Crippen molar-refractivity contribution in [2.45, 2.75) is 31.4 Å². The third-order valence-corrected chi connectivity index (χ3v) is 4.28. The van der Waals surface area contributed by atoms with Crippen LogP contribution in [0.5, 0.6) is 0 Å². The van der Waals surface area contributed by atoms with Crippen molar-refractivity contribution in [3.8, 4) is 0 Å². The van der Waals surface area contributed by atoms with Crippen molar-refractivity contribution in [1.29, 1.82) is 0 Å². The molecule has 1 amide bonds. The Hall–Kier alpha value is -3.00. The molecule has 0 unspecified atom stereocenters. The van der Waals surface area contributed by atoms with E-state index in [1.165, 1.54) is 0 Å². The van der Waals surface area contributed by atoms with Gasteiger partial charge in [-0.15, -0.1) is 0 Å². The number of rotatable bonds is 9. The van der Waals surface area contributed by atoms with Gasteiger partial charge in [-0.2, -0.15) is 4.79 Å². The highest BCUT2D eigenvalue weighted by molar-refractivity contribution is 6.35. The van der Waals surface area contributed by atoms with E-state index in [1.807, 2.05) is 0 Å². The van der Waals surface area contributed by atoms with Crippen LogP contribution < -0.4 is 5.32 Å². The Kier molecular flexibility index (Phi) is 6.84. The molecule has 142 valence electrons. The maximum absolute atomic E-state index is 12.1. The van der Waals surface area contributed by atoms with Gasteiger partial charge in [0.15, 0.2) is 0 Å². The number of carboxylic acid groups (broad SMARTS) is 1. The predicted octanol–water partition coefficient (Wildman–Crippen LogP) is 0.944. The Bertz CT molecular complexity index is 919. The van der Waals surface area contributed by atoms with Crippen LogP contribution in [0.3, 0.4) is 0 Å². The number of carbonyl (C=O) groups excluding carboxylic acids is 2. The molecule has 4 N–H and O–H groups in total. The number of aliphatic hydroxyl groups excluding tert-OH is 1. The Morgan fingerprint density at radius 2 is 2.11 bits per heavy atom. The molecule has 10 heteroatoms. The number of aliphatic carboxylic acids is 1. The van der Waals surface area contributed by atoms with Crippen molar-refractivity contribution in [1.82, 2.24) is 10.3 Å². The van der Waals surface area contributed by atoms with Crippen LogP contribution in [-0.4, -0.2) is 56.0 Å². The molecule has 0 saturated heterocycles. The number of para-hydroxylation sites is 1. The number of carboxylic acids is 1. The van der Waals surface area contributed by atoms with Crippen LogP contribution in [0, 0.1) is 0 Å². The minimum Gasteiger partial charge on any atom is -0.480 e. The molecule has 2 rings (SSSR count). The minimum absolute atomic E-state index is 0.0470. The molecule has 1 aromatic heterocycles. The van der Waals surface area contributed by atoms with Gasteiger partial charge in [0.05, 0.1) is 10.5 Å². The smallest absolute Gasteiger partial charge is 0.326 e. The van der Waals surface area contributed by atoms with Gasteiger partial charge in [-0.3, -0.25) is 9.59 Å². The summed E-state index contributed by atoms with van der Waals surface area (Å²) in [6.07, 6.45) is 0.292. The number of hydrogen-bond acceptors (Lipinski definition) is 4. The van der Waals surface area contributed by atoms with E-state index >= 15 is 0 Å². The zero-order valence-corrected chi connectivity index (χ0v) is 14.8. The van der Waals surface area contributed by atoms with Crippen molar-refractivity contribution in [3.63, 3.8) is 0 Å². The normalized spacial score (nSPS) is 12.8. The van der Waals surface area contributed by atoms with Crippen LogP contribution in [0.15, 0.2) is 24.4 Å². The highest BCUT2D eigenvalue weighted by Gasteiger charge is 2.25. The molecule has 9 nitrogen and oxygen atoms in total. The SMILES string of the molecule is [N-]=[N+]=CC(=O)CC[C@H](NC(=O)[C@@H](O)Cc1c[nH]c2c(Cl)cccc12)C(=O)O. The van der Waals surface area contributed by atoms with Gasteiger partial charge < -0.3 is 26.0 Å². The van der Waals surface area contributed by atoms with Gasteiger partial charge >= 0.3 is 12.2 Å². The Morgan fingerprint density at radius 3 is 2.78 bits per heavy atom. The first-order valence-electron chi connectivity index (χ1n) is 7.99. The fourth-order valence-corrected chi connectivity index (χ4v) is 2.82. The zero-order chi connectivity index (χ0) is 20.0. The minimum atomic E-state index is -1.49. The second-order valence-electron chi connectivity index (χ2n) is 5.85. The van der Waals surface area contributed by atoms with Crippen molar-refractivity contribution < 1.29 is 29.4 Å². The highest BCUT2D eigenvalue weighted by atomic mass is 35.5. The van der Waals surface area contributed by atoms with Crippen LogP contribution in [0.4, 0.5) is 0 Å². The number of benzene rings is 1. The lowest BCUT2D eigenvalue weighted by molar-refractivity contribution is -0.143. The van der Waals surface area contributed by atoms with Crippen LogP contribution in [0.1, 0.15) is 18.4 Å². The summed E-state index contributed by atoms with van der Waals surface area (Å²) >= 11 is 6.07. The van der Waals surface area contributed by atoms with Crippen molar-refractivity contribution >= 4 is 46.4 Å². The molecule has 2 aromatic rings. The van der Waals surface area contributed by atoms with Gasteiger partial charge in [-0.05, 0) is 18.1 Å². The average molecular weight is 393 g/mol. The summed E-state index contributed by atoms with van der Waals surface area (Å²) < 4.78 is 0. The number of nitrogens with one attached hydrogen (secondary N) is 2. The van der Waals surface area contributed by atoms with E-state index in [1.54, 1.807) is 24.4 Å². The summed E-state index contributed by atoms with van der Waals surface area (Å²) in [5.74, 6) is -2.81. The first-order valence-corrected chi connectivity index (χ1v) is 8.37. The molecule has 0 radical (unpaired) electrons. The number of hydrogen-bond donors (Lipinski definition) is 4. The maximum Gasteiger partial charge on any atom is 0.326 e. The third-order valence-electron chi connectivity index (χ3n) is 3.96. The van der Waals surface area contributed by atoms with Crippen LogP contribution >= 0.6 is 11.6 Å². The number of halogens is 1. The van der Waals surface area contributed by atoms with Crippen molar-refractivity contribution in [3.05, 3.63) is 40.5 Å². The number of carbonyl (C=O) groups is 3. The molecule has 2 atom stereocenters. The molecule has 27 heavy (non-hydrogen) atoms. The molecule has 0 bridgehead atoms. The summed E-state index contributed by atoms with van der Waals surface area (Å²) in [5.41, 5.74) is 9.59. The van der Waals surface area contributed by atoms with E-state index in [0.29, 0.717) is 22.3 Å². The molecule has 0 saturated carbocycles. The van der Waals surface area contributed by atoms with Gasteiger partial charge in [0.25, 0.3) is 0 Å². The van der Waals surface area contributed by atoms with Gasteiger partial charge in [0.2, 0.25) is 11.7 Å². The number of aromatic nitrogens is 1. The molecular weight excluding hydrogens is 376 g/mol. The molecule has 0 aliphatic carbocycles. The molecule has 0 aliphatic heterocycles. The summed E-state index contributed by atoms with van der Waals surface area (Å²) in [5, 5.41) is 22.8. The maximum atomic E-state index is 12.1. The second-order valence-corrected chi connectivity index (χ2v) is 6.25. The lowest BCUT2D eigenvalue weighted by Crippen LogP contribution is -2.46. The first kappa shape index (κ1) is 20.3. The van der Waals surface area contributed by atoms with E-state index in [0.717, 1.165) is 5.39 Å². The third kappa shape index (κ3) is 5.24. The number of amides is 1. The van der Waals surface area contributed by atoms with E-state index in [2.05, 4.69) is 15.1 Å². The van der Waals surface area contributed by atoms with E-state index in [9.17, 15) is 19.5 Å². The number of Topliss-reactive ketones (excluding diaryl/α,β-unsaturated/α-hetero) is 1. The first-order chi connectivity index (χ1) is 12.8. The number of nitrogens with zero attached hydrogens (tertiary/aromatic N) is 2. The van der Waals surface area contributed by atoms with Gasteiger partial charge in [-0.25, -0.2) is 4.79 Å². The Balaban J connectivity index is 2.02. The van der Waals surface area contributed by atoms with Gasteiger partial charge in [-0.1, -0.05) is 23.7 Å². The number of H-pyrrole nitrogens is 1. The lowest BCUT2D eigenvalue weighted by Gasteiger charge is -2.16. The Labute approximate surface area is 158 Å². The monoisotopic (exact) mass is 392 g/mol. The highest BCUT2D eigenvalue weighted by Crippen LogP contribution is 2.25. The molecular formula is C17H17ClN4O5. The molecule has 1 aromatic carbocycles. The summed E-state index contributed by atoms with van der Waals surface area (Å²) in [4.78, 5) is 40.2. The van der Waals surface area contributed by atoms with Crippen LogP contribution in [0.25, 0.3) is 16.4 Å². The lowest BCUT2D eigenvalue weighted by atomic mass is 10.0. The van der Waals surface area contributed by atoms with E-state index in [4.69, 9.17) is 22.2 Å². The predicted molar refractivity (Wildman–Crippen MR) is 96.5 cm³/mol. The number of aromatic amines is 1. The molecule has 0 aliphatic rings. The number of fused-ring (bicyclic) bond motifs is 1. The average Bonchev–Trinajstić information content (AvgIpc) is 3.02. The molecule has 0 fully saturated rings. The van der Waals surface area contributed by atoms with Crippen molar-refractivity contribution in [2.24, 2.45) is 0 Å². The van der Waals surface area contributed by atoms with Gasteiger partial charge in [0, 0.05) is 24.4 Å². The zero-order valence-electron chi connectivity index (χ0n) is 14.1. The largest absolute Gasteiger partial charge is 0.480 e. The second kappa shape index (κ2) is 9.09. The quantitative estimate of drug-likeness (QED) is 0.284. The van der Waals surface area contributed by atoms with E-state index in [-0.39, 0.29) is 19.3 Å². The summed E-state index contributed by atoms with van der Waals surface area (Å²) in [6.45, 7) is 0. The standard InChI is InChI=1S/C17H17ClN4O5/c18-12-3-1-2-11-9(7-20-15(11)12)6-14(24)16(25)22-13(17(26)27)5-4-10(23)8-21-19/h1-3,7-8,13-14,20,24H,4-6H2,(H,22,25)(H,26,27)/t13-,14-/m0/s1. The topological polar surface area (TPSA) is 156 Å². The van der Waals surface area contributed by atoms with Crippen molar-refractivity contribution in [2.75, 3.05) is 0 Å². The number of ketones is 1. The van der Waals surface area contributed by atoms with Gasteiger partial charge in [0.1, 0.15) is 12.1 Å². The van der Waals surface area contributed by atoms with Crippen LogP contribution in [0.2, 0.25) is 5.02 Å². The van der Waals surface area contributed by atoms with Crippen LogP contribution in [-0.2, 0) is 20.8 Å². The fraction of sp³-hybridized carbons (Fsp3) is 0.294. The Morgan fingerprint density at radius 1 is 1.37 bits per heavy atom.